The summed E-state index contributed by atoms with van der Waals surface area (Å²) in [5.74, 6) is 0.822. The van der Waals surface area contributed by atoms with Gasteiger partial charge in [0.25, 0.3) is 0 Å². The Morgan fingerprint density at radius 1 is 1.38 bits per heavy atom. The largest absolute Gasteiger partial charge is 0.492 e. The monoisotopic (exact) mass is 334 g/mol. The van der Waals surface area contributed by atoms with E-state index in [4.69, 9.17) is 9.47 Å². The summed E-state index contributed by atoms with van der Waals surface area (Å²) < 4.78 is 10.6. The lowest BCUT2D eigenvalue weighted by Gasteiger charge is -2.25. The number of fused-ring (bicyclic) bond motifs is 1. The number of ether oxygens (including phenoxy) is 2. The summed E-state index contributed by atoms with van der Waals surface area (Å²) in [5, 5.41) is 5.74. The first kappa shape index (κ1) is 18.3. The van der Waals surface area contributed by atoms with E-state index < -0.39 is 0 Å². The molecule has 0 spiro atoms. The Kier molecular flexibility index (Phi) is 6.61. The molecule has 0 aromatic heterocycles. The van der Waals surface area contributed by atoms with Crippen LogP contribution >= 0.6 is 0 Å². The summed E-state index contributed by atoms with van der Waals surface area (Å²) in [6.07, 6.45) is 1.08. The molecule has 1 aliphatic rings. The van der Waals surface area contributed by atoms with Gasteiger partial charge in [-0.25, -0.2) is 0 Å². The van der Waals surface area contributed by atoms with Crippen LogP contribution in [0.3, 0.4) is 0 Å². The molecule has 1 aromatic carbocycles. The summed E-state index contributed by atoms with van der Waals surface area (Å²) in [6, 6.07) is 5.57. The van der Waals surface area contributed by atoms with Gasteiger partial charge in [-0.1, -0.05) is 13.8 Å². The smallest absolute Gasteiger partial charge is 0.226 e. The highest BCUT2D eigenvalue weighted by Crippen LogP contribution is 2.30. The third kappa shape index (κ3) is 5.23. The van der Waals surface area contributed by atoms with Gasteiger partial charge >= 0.3 is 0 Å². The number of hydrogen-bond acceptors (Lipinski definition) is 4. The maximum atomic E-state index is 12.2. The molecule has 0 saturated heterocycles. The Morgan fingerprint density at radius 3 is 2.88 bits per heavy atom. The second-order valence-electron chi connectivity index (χ2n) is 6.46. The highest BCUT2D eigenvalue weighted by atomic mass is 16.5. The van der Waals surface area contributed by atoms with Crippen molar-refractivity contribution in [3.63, 3.8) is 0 Å². The van der Waals surface area contributed by atoms with Gasteiger partial charge in [0.1, 0.15) is 12.4 Å². The van der Waals surface area contributed by atoms with Crippen LogP contribution in [0.1, 0.15) is 25.8 Å². The molecule has 6 heteroatoms. The fraction of sp³-hybridized carbons (Fsp3) is 0.556. The van der Waals surface area contributed by atoms with Gasteiger partial charge in [-0.15, -0.1) is 0 Å². The Bertz CT molecular complexity index is 586. The Hall–Kier alpha value is -2.08. The van der Waals surface area contributed by atoms with Gasteiger partial charge < -0.3 is 20.1 Å². The van der Waals surface area contributed by atoms with Crippen LogP contribution in [0.15, 0.2) is 18.2 Å². The zero-order valence-electron chi connectivity index (χ0n) is 14.6. The van der Waals surface area contributed by atoms with E-state index in [1.165, 1.54) is 0 Å². The second kappa shape index (κ2) is 8.68. The van der Waals surface area contributed by atoms with E-state index >= 15 is 0 Å². The van der Waals surface area contributed by atoms with Gasteiger partial charge in [0, 0.05) is 25.8 Å². The molecule has 0 radical (unpaired) electrons. The Labute approximate surface area is 142 Å². The molecule has 1 aromatic rings. The Morgan fingerprint density at radius 2 is 2.17 bits per heavy atom. The van der Waals surface area contributed by atoms with E-state index in [9.17, 15) is 9.59 Å². The number of benzene rings is 1. The normalized spacial score (nSPS) is 16.2. The molecular formula is C18H26N2O4. The van der Waals surface area contributed by atoms with Crippen LogP contribution < -0.4 is 15.4 Å². The van der Waals surface area contributed by atoms with Crippen LogP contribution in [0.4, 0.5) is 5.69 Å². The van der Waals surface area contributed by atoms with E-state index in [-0.39, 0.29) is 17.7 Å². The van der Waals surface area contributed by atoms with Crippen molar-refractivity contribution >= 4 is 17.5 Å². The molecule has 132 valence electrons. The van der Waals surface area contributed by atoms with E-state index in [1.807, 2.05) is 32.0 Å². The summed E-state index contributed by atoms with van der Waals surface area (Å²) in [4.78, 5) is 24.0. The summed E-state index contributed by atoms with van der Waals surface area (Å²) >= 11 is 0. The van der Waals surface area contributed by atoms with Crippen LogP contribution in [0.2, 0.25) is 0 Å². The molecule has 1 aliphatic heterocycles. The van der Waals surface area contributed by atoms with Crippen molar-refractivity contribution < 1.29 is 19.1 Å². The van der Waals surface area contributed by atoms with Crippen LogP contribution in [0.5, 0.6) is 5.75 Å². The van der Waals surface area contributed by atoms with Crippen molar-refractivity contribution in [2.24, 2.45) is 11.8 Å². The highest BCUT2D eigenvalue weighted by molar-refractivity contribution is 5.91. The number of carbonyl (C=O) groups excluding carboxylic acids is 2. The molecule has 0 aliphatic carbocycles. The van der Waals surface area contributed by atoms with Gasteiger partial charge in [0.05, 0.1) is 12.5 Å². The fourth-order valence-corrected chi connectivity index (χ4v) is 2.64. The predicted molar refractivity (Wildman–Crippen MR) is 92.1 cm³/mol. The minimum absolute atomic E-state index is 0.00413. The third-order valence-electron chi connectivity index (χ3n) is 3.82. The number of hydrogen-bond donors (Lipinski definition) is 2. The Balaban J connectivity index is 1.97. The van der Waals surface area contributed by atoms with Gasteiger partial charge in [0.15, 0.2) is 0 Å². The van der Waals surface area contributed by atoms with Crippen molar-refractivity contribution in [3.8, 4) is 5.75 Å². The van der Waals surface area contributed by atoms with E-state index in [0.717, 1.165) is 17.0 Å². The molecule has 0 fully saturated rings. The lowest BCUT2D eigenvalue weighted by atomic mass is 9.95. The maximum Gasteiger partial charge on any atom is 0.226 e. The van der Waals surface area contributed by atoms with Crippen LogP contribution in [-0.4, -0.2) is 38.7 Å². The number of rotatable bonds is 7. The van der Waals surface area contributed by atoms with Gasteiger partial charge in [0.2, 0.25) is 11.8 Å². The number of methoxy groups -OCH3 is 1. The zero-order valence-corrected chi connectivity index (χ0v) is 14.6. The number of amides is 2. The standard InChI is InChI=1S/C18H26N2O4/c1-12(2)8-17(21)20-15-4-5-16-13(10-15)9-14(11-24-16)18(22)19-6-7-23-3/h4-5,10,12,14H,6-9,11H2,1-3H3,(H,19,22)(H,20,21)/t14-/m0/s1. The second-order valence-corrected chi connectivity index (χ2v) is 6.46. The number of carbonyl (C=O) groups is 2. The van der Waals surface area contributed by atoms with Crippen LogP contribution in [-0.2, 0) is 20.7 Å². The topological polar surface area (TPSA) is 76.7 Å². The molecule has 6 nitrogen and oxygen atoms in total. The van der Waals surface area contributed by atoms with Gasteiger partial charge in [-0.2, -0.15) is 0 Å². The lowest BCUT2D eigenvalue weighted by molar-refractivity contribution is -0.126. The molecule has 1 heterocycles. The fourth-order valence-electron chi connectivity index (χ4n) is 2.64. The zero-order chi connectivity index (χ0) is 17.5. The van der Waals surface area contributed by atoms with E-state index in [2.05, 4.69) is 10.6 Å². The van der Waals surface area contributed by atoms with Crippen molar-refractivity contribution in [1.29, 1.82) is 0 Å². The molecular weight excluding hydrogens is 308 g/mol. The SMILES string of the molecule is COCCNC(=O)[C@@H]1COc2ccc(NC(=O)CC(C)C)cc2C1. The quantitative estimate of drug-likeness (QED) is 0.748. The van der Waals surface area contributed by atoms with Gasteiger partial charge in [-0.3, -0.25) is 9.59 Å². The average molecular weight is 334 g/mol. The van der Waals surface area contributed by atoms with E-state index in [0.29, 0.717) is 38.5 Å². The third-order valence-corrected chi connectivity index (χ3v) is 3.82. The number of nitrogens with one attached hydrogen (secondary N) is 2. The average Bonchev–Trinajstić information content (AvgIpc) is 2.53. The van der Waals surface area contributed by atoms with Crippen molar-refractivity contribution in [3.05, 3.63) is 23.8 Å². The first-order valence-corrected chi connectivity index (χ1v) is 8.31. The first-order chi connectivity index (χ1) is 11.5. The molecule has 0 bridgehead atoms. The molecule has 2 N–H and O–H groups in total. The molecule has 0 saturated carbocycles. The molecule has 1 atom stereocenters. The number of anilines is 1. The highest BCUT2D eigenvalue weighted by Gasteiger charge is 2.26. The van der Waals surface area contributed by atoms with Gasteiger partial charge in [-0.05, 0) is 36.1 Å². The molecule has 2 rings (SSSR count). The van der Waals surface area contributed by atoms with Crippen LogP contribution in [0, 0.1) is 11.8 Å². The minimum Gasteiger partial charge on any atom is -0.492 e. The first-order valence-electron chi connectivity index (χ1n) is 8.31. The predicted octanol–water partition coefficient (Wildman–Crippen LogP) is 1.98. The molecule has 0 unspecified atom stereocenters. The summed E-state index contributed by atoms with van der Waals surface area (Å²) in [7, 11) is 1.60. The molecule has 24 heavy (non-hydrogen) atoms. The van der Waals surface area contributed by atoms with Crippen molar-refractivity contribution in [2.45, 2.75) is 26.7 Å². The lowest BCUT2D eigenvalue weighted by Crippen LogP contribution is -2.38. The van der Waals surface area contributed by atoms with Crippen molar-refractivity contribution in [1.82, 2.24) is 5.32 Å². The van der Waals surface area contributed by atoms with Crippen LogP contribution in [0.25, 0.3) is 0 Å². The maximum absolute atomic E-state index is 12.2. The summed E-state index contributed by atoms with van der Waals surface area (Å²) in [5.41, 5.74) is 1.68. The van der Waals surface area contributed by atoms with E-state index in [1.54, 1.807) is 7.11 Å². The summed E-state index contributed by atoms with van der Waals surface area (Å²) in [6.45, 7) is 5.36. The van der Waals surface area contributed by atoms with Crippen molar-refractivity contribution in [2.75, 3.05) is 32.2 Å². The molecule has 2 amide bonds. The minimum atomic E-state index is -0.226.